The number of likely N-dealkylation sites (tertiary alicyclic amines) is 2. The van der Waals surface area contributed by atoms with Gasteiger partial charge in [-0.05, 0) is 25.2 Å². The number of anilines is 2. The summed E-state index contributed by atoms with van der Waals surface area (Å²) in [6.07, 6.45) is 7.41. The molecule has 0 aliphatic carbocycles. The number of likely N-dealkylation sites (N-methyl/N-ethyl adjacent to an activating group) is 1. The number of hydrogen-bond donors (Lipinski definition) is 2. The summed E-state index contributed by atoms with van der Waals surface area (Å²) in [4.78, 5) is 27.3. The lowest BCUT2D eigenvalue weighted by Crippen LogP contribution is -2.56. The fourth-order valence-corrected chi connectivity index (χ4v) is 3.06. The molecule has 0 spiro atoms. The van der Waals surface area contributed by atoms with E-state index in [1.54, 1.807) is 6.20 Å². The Balaban J connectivity index is 0.000000159. The average molecular weight is 369 g/mol. The second-order valence-electron chi connectivity index (χ2n) is 6.89. The summed E-state index contributed by atoms with van der Waals surface area (Å²) < 4.78 is 0. The lowest BCUT2D eigenvalue weighted by Gasteiger charge is -2.39. The molecule has 144 valence electrons. The molecule has 2 fully saturated rings. The highest BCUT2D eigenvalue weighted by atomic mass is 16.2. The molecular weight excluding hydrogens is 342 g/mol. The summed E-state index contributed by atoms with van der Waals surface area (Å²) in [7, 11) is 2.13. The lowest BCUT2D eigenvalue weighted by molar-refractivity contribution is -0.134. The largest absolute Gasteiger partial charge is 0.380 e. The number of carbonyl (C=O) groups excluding carboxylic acids is 1. The molecule has 0 unspecified atom stereocenters. The van der Waals surface area contributed by atoms with Crippen LogP contribution in [0.1, 0.15) is 13.3 Å². The van der Waals surface area contributed by atoms with Gasteiger partial charge in [-0.2, -0.15) is 0 Å². The van der Waals surface area contributed by atoms with Crippen molar-refractivity contribution in [2.24, 2.45) is 0 Å². The molecule has 8 nitrogen and oxygen atoms in total. The number of nitrogens with zero attached hydrogens (tertiary/aromatic N) is 5. The van der Waals surface area contributed by atoms with E-state index in [1.807, 2.05) is 42.4 Å². The highest BCUT2D eigenvalue weighted by molar-refractivity contribution is 5.77. The molecule has 4 heterocycles. The van der Waals surface area contributed by atoms with Crippen LogP contribution in [-0.2, 0) is 4.79 Å². The van der Waals surface area contributed by atoms with Crippen molar-refractivity contribution >= 4 is 17.4 Å². The van der Waals surface area contributed by atoms with Crippen molar-refractivity contribution in [3.8, 4) is 0 Å². The van der Waals surface area contributed by atoms with E-state index in [-0.39, 0.29) is 5.91 Å². The third kappa shape index (κ3) is 5.62. The molecular formula is C19H27N7O. The molecule has 2 aliphatic heterocycles. The average Bonchev–Trinajstić information content (AvgIpc) is 2.65. The van der Waals surface area contributed by atoms with E-state index in [0.29, 0.717) is 18.5 Å². The summed E-state index contributed by atoms with van der Waals surface area (Å²) in [5.74, 6) is 1.04. The molecule has 2 aromatic heterocycles. The molecule has 2 N–H and O–H groups in total. The van der Waals surface area contributed by atoms with E-state index in [2.05, 4.69) is 37.5 Å². The smallest absolute Gasteiger partial charge is 0.222 e. The topological polar surface area (TPSA) is 86.3 Å². The monoisotopic (exact) mass is 369 g/mol. The third-order valence-electron chi connectivity index (χ3n) is 4.59. The molecule has 2 aliphatic rings. The molecule has 4 rings (SSSR count). The quantitative estimate of drug-likeness (QED) is 0.822. The predicted octanol–water partition coefficient (Wildman–Crippen LogP) is 1.32. The van der Waals surface area contributed by atoms with E-state index in [9.17, 15) is 4.79 Å². The SMILES string of the molecule is CCC(=O)N1CC(Nc2ccncn2)C1.CN1CC(Nc2ccncc2)C1. The van der Waals surface area contributed by atoms with Gasteiger partial charge < -0.3 is 20.4 Å². The number of aromatic nitrogens is 3. The Morgan fingerprint density at radius 2 is 1.70 bits per heavy atom. The second-order valence-corrected chi connectivity index (χ2v) is 6.89. The van der Waals surface area contributed by atoms with Crippen LogP contribution < -0.4 is 10.6 Å². The van der Waals surface area contributed by atoms with Crippen molar-refractivity contribution < 1.29 is 4.79 Å². The molecule has 2 aromatic rings. The summed E-state index contributed by atoms with van der Waals surface area (Å²) >= 11 is 0. The highest BCUT2D eigenvalue weighted by Gasteiger charge is 2.29. The Morgan fingerprint density at radius 1 is 1.04 bits per heavy atom. The van der Waals surface area contributed by atoms with Crippen LogP contribution in [-0.4, -0.2) is 76.0 Å². The maximum Gasteiger partial charge on any atom is 0.222 e. The Labute approximate surface area is 160 Å². The van der Waals surface area contributed by atoms with Crippen LogP contribution in [0, 0.1) is 0 Å². The molecule has 0 atom stereocenters. The summed E-state index contributed by atoms with van der Waals surface area (Å²) in [6, 6.07) is 6.77. The van der Waals surface area contributed by atoms with Crippen LogP contribution >= 0.6 is 0 Å². The predicted molar refractivity (Wildman–Crippen MR) is 105 cm³/mol. The molecule has 0 radical (unpaired) electrons. The molecule has 27 heavy (non-hydrogen) atoms. The molecule has 1 amide bonds. The molecule has 8 heteroatoms. The third-order valence-corrected chi connectivity index (χ3v) is 4.59. The van der Waals surface area contributed by atoms with Gasteiger partial charge in [0.15, 0.2) is 0 Å². The van der Waals surface area contributed by atoms with E-state index < -0.39 is 0 Å². The Morgan fingerprint density at radius 3 is 2.30 bits per heavy atom. The standard InChI is InChI=1S/C10H14N4O.C9H13N3/c1-2-10(15)14-5-8(6-14)13-9-3-4-11-7-12-9;1-12-6-9(7-12)11-8-2-4-10-5-3-8/h3-4,7-8H,2,5-6H2,1H3,(H,11,12,13);2-5,9H,6-7H2,1H3,(H,10,11). The van der Waals surface area contributed by atoms with Crippen LogP contribution in [0.2, 0.25) is 0 Å². The minimum absolute atomic E-state index is 0.218. The fraction of sp³-hybridized carbons (Fsp3) is 0.474. The number of hydrogen-bond acceptors (Lipinski definition) is 7. The van der Waals surface area contributed by atoms with Gasteiger partial charge >= 0.3 is 0 Å². The molecule has 0 saturated carbocycles. The maximum atomic E-state index is 11.3. The van der Waals surface area contributed by atoms with E-state index in [1.165, 1.54) is 12.0 Å². The van der Waals surface area contributed by atoms with Gasteiger partial charge in [0.2, 0.25) is 5.91 Å². The van der Waals surface area contributed by atoms with E-state index >= 15 is 0 Å². The second kappa shape index (κ2) is 9.27. The van der Waals surface area contributed by atoms with Gasteiger partial charge in [0.05, 0.1) is 12.1 Å². The Bertz CT molecular complexity index is 701. The van der Waals surface area contributed by atoms with Crippen molar-refractivity contribution in [3.05, 3.63) is 43.1 Å². The summed E-state index contributed by atoms with van der Waals surface area (Å²) in [5, 5.41) is 6.67. The number of rotatable bonds is 5. The number of carbonyl (C=O) groups is 1. The Hall–Kier alpha value is -2.74. The van der Waals surface area contributed by atoms with Gasteiger partial charge in [-0.3, -0.25) is 9.78 Å². The van der Waals surface area contributed by atoms with Crippen molar-refractivity contribution in [2.75, 3.05) is 43.9 Å². The van der Waals surface area contributed by atoms with Crippen molar-refractivity contribution in [1.29, 1.82) is 0 Å². The molecule has 2 saturated heterocycles. The fourth-order valence-electron chi connectivity index (χ4n) is 3.06. The van der Waals surface area contributed by atoms with Crippen LogP contribution in [0.4, 0.5) is 11.5 Å². The van der Waals surface area contributed by atoms with Gasteiger partial charge in [-0.25, -0.2) is 9.97 Å². The van der Waals surface area contributed by atoms with Crippen LogP contribution in [0.5, 0.6) is 0 Å². The first-order chi connectivity index (χ1) is 13.1. The van der Waals surface area contributed by atoms with Gasteiger partial charge in [-0.15, -0.1) is 0 Å². The summed E-state index contributed by atoms with van der Waals surface area (Å²) in [5.41, 5.74) is 1.17. The first-order valence-corrected chi connectivity index (χ1v) is 9.29. The van der Waals surface area contributed by atoms with Crippen molar-refractivity contribution in [3.63, 3.8) is 0 Å². The minimum atomic E-state index is 0.218. The number of pyridine rings is 1. The Kier molecular flexibility index (Phi) is 6.54. The zero-order chi connectivity index (χ0) is 19.1. The molecule has 0 bridgehead atoms. The molecule has 0 aromatic carbocycles. The maximum absolute atomic E-state index is 11.3. The van der Waals surface area contributed by atoms with Crippen molar-refractivity contribution in [1.82, 2.24) is 24.8 Å². The first kappa shape index (κ1) is 19.0. The van der Waals surface area contributed by atoms with Gasteiger partial charge in [0.1, 0.15) is 12.1 Å². The van der Waals surface area contributed by atoms with Crippen molar-refractivity contribution in [2.45, 2.75) is 25.4 Å². The van der Waals surface area contributed by atoms with Crippen LogP contribution in [0.3, 0.4) is 0 Å². The number of amides is 1. The van der Waals surface area contributed by atoms with E-state index in [4.69, 9.17) is 0 Å². The number of nitrogens with one attached hydrogen (secondary N) is 2. The first-order valence-electron chi connectivity index (χ1n) is 9.29. The normalized spacial score (nSPS) is 17.2. The zero-order valence-electron chi connectivity index (χ0n) is 15.9. The lowest BCUT2D eigenvalue weighted by atomic mass is 10.1. The minimum Gasteiger partial charge on any atom is -0.380 e. The van der Waals surface area contributed by atoms with Gasteiger partial charge in [0.25, 0.3) is 0 Å². The van der Waals surface area contributed by atoms with E-state index in [0.717, 1.165) is 32.0 Å². The highest BCUT2D eigenvalue weighted by Crippen LogP contribution is 2.14. The van der Waals surface area contributed by atoms with Gasteiger partial charge in [-0.1, -0.05) is 6.92 Å². The van der Waals surface area contributed by atoms with Crippen LogP contribution in [0.15, 0.2) is 43.1 Å². The summed E-state index contributed by atoms with van der Waals surface area (Å²) in [6.45, 7) is 5.71. The zero-order valence-corrected chi connectivity index (χ0v) is 15.9. The van der Waals surface area contributed by atoms with Crippen LogP contribution in [0.25, 0.3) is 0 Å². The van der Waals surface area contributed by atoms with Gasteiger partial charge in [0, 0.05) is 56.9 Å².